The Kier molecular flexibility index (Phi) is 8.38. The lowest BCUT2D eigenvalue weighted by atomic mass is 9.94. The van der Waals surface area contributed by atoms with E-state index in [9.17, 15) is 19.5 Å². The molecule has 1 heterocycles. The number of ether oxygens (including phenoxy) is 1. The molecule has 1 aromatic heterocycles. The standard InChI is InChI=1S/C28H30N2O5S/c1-35-28(34)20-7-5-10-22(17-20)30(25(32)18-24-11-6-16-36-24)26(19-12-14-23(31)15-13-19)27(33)29-21-8-3-2-4-9-21/h5-7,10-17,21,26,31H,2-4,8-9,18H2,1H3,(H,29,33)/t26-/m0/s1. The van der Waals surface area contributed by atoms with Gasteiger partial charge in [-0.1, -0.05) is 43.5 Å². The van der Waals surface area contributed by atoms with Crippen LogP contribution in [0.4, 0.5) is 5.69 Å². The van der Waals surface area contributed by atoms with E-state index in [2.05, 4.69) is 5.32 Å². The smallest absolute Gasteiger partial charge is 0.337 e. The van der Waals surface area contributed by atoms with Gasteiger partial charge < -0.3 is 15.2 Å². The van der Waals surface area contributed by atoms with E-state index in [1.807, 2.05) is 17.5 Å². The van der Waals surface area contributed by atoms with Crippen LogP contribution in [0, 0.1) is 0 Å². The van der Waals surface area contributed by atoms with Crippen molar-refractivity contribution >= 4 is 34.8 Å². The first-order chi connectivity index (χ1) is 17.5. The fourth-order valence-corrected chi connectivity index (χ4v) is 5.28. The number of phenolic OH excluding ortho intramolecular Hbond substituents is 1. The van der Waals surface area contributed by atoms with Gasteiger partial charge in [0.25, 0.3) is 0 Å². The fourth-order valence-electron chi connectivity index (χ4n) is 4.59. The van der Waals surface area contributed by atoms with Crippen LogP contribution in [0.15, 0.2) is 66.0 Å². The number of nitrogens with one attached hydrogen (secondary N) is 1. The summed E-state index contributed by atoms with van der Waals surface area (Å²) in [6.07, 6.45) is 5.16. The molecule has 0 bridgehead atoms. The number of aromatic hydroxyl groups is 1. The SMILES string of the molecule is COC(=O)c1cccc(N(C(=O)Cc2cccs2)[C@H](C(=O)NC2CCCCC2)c2ccc(O)cc2)c1. The van der Waals surface area contributed by atoms with Gasteiger partial charge in [0, 0.05) is 16.6 Å². The zero-order valence-corrected chi connectivity index (χ0v) is 21.0. The third kappa shape index (κ3) is 6.12. The van der Waals surface area contributed by atoms with Gasteiger partial charge >= 0.3 is 5.97 Å². The Balaban J connectivity index is 1.78. The van der Waals surface area contributed by atoms with Gasteiger partial charge in [-0.15, -0.1) is 11.3 Å². The lowest BCUT2D eigenvalue weighted by Gasteiger charge is -2.33. The molecule has 8 heteroatoms. The van der Waals surface area contributed by atoms with Gasteiger partial charge in [-0.05, 0) is 60.2 Å². The van der Waals surface area contributed by atoms with Crippen molar-refractivity contribution in [2.24, 2.45) is 0 Å². The summed E-state index contributed by atoms with van der Waals surface area (Å²) in [6.45, 7) is 0. The molecule has 2 N–H and O–H groups in total. The first-order valence-electron chi connectivity index (χ1n) is 12.1. The molecule has 0 aliphatic heterocycles. The van der Waals surface area contributed by atoms with Crippen LogP contribution < -0.4 is 10.2 Å². The van der Waals surface area contributed by atoms with E-state index in [-0.39, 0.29) is 35.6 Å². The van der Waals surface area contributed by atoms with Crippen LogP contribution in [0.3, 0.4) is 0 Å². The van der Waals surface area contributed by atoms with Crippen LogP contribution in [-0.4, -0.2) is 36.0 Å². The molecule has 1 aliphatic carbocycles. The molecule has 3 aromatic rings. The molecule has 0 unspecified atom stereocenters. The Morgan fingerprint density at radius 2 is 1.81 bits per heavy atom. The van der Waals surface area contributed by atoms with Crippen LogP contribution in [-0.2, 0) is 20.7 Å². The first kappa shape index (κ1) is 25.4. The van der Waals surface area contributed by atoms with E-state index in [0.29, 0.717) is 11.3 Å². The highest BCUT2D eigenvalue weighted by Gasteiger charge is 2.34. The average molecular weight is 507 g/mol. The van der Waals surface area contributed by atoms with Gasteiger partial charge in [-0.3, -0.25) is 14.5 Å². The van der Waals surface area contributed by atoms with Gasteiger partial charge in [0.1, 0.15) is 11.8 Å². The molecule has 2 aromatic carbocycles. The van der Waals surface area contributed by atoms with E-state index in [1.165, 1.54) is 35.5 Å². The highest BCUT2D eigenvalue weighted by Crippen LogP contribution is 2.32. The normalized spacial score (nSPS) is 14.6. The maximum atomic E-state index is 13.8. The number of carbonyl (C=O) groups is 3. The minimum absolute atomic E-state index is 0.0431. The molecule has 36 heavy (non-hydrogen) atoms. The lowest BCUT2D eigenvalue weighted by molar-refractivity contribution is -0.127. The highest BCUT2D eigenvalue weighted by atomic mass is 32.1. The van der Waals surface area contributed by atoms with E-state index in [0.717, 1.165) is 37.0 Å². The van der Waals surface area contributed by atoms with E-state index < -0.39 is 12.0 Å². The number of anilines is 1. The van der Waals surface area contributed by atoms with Crippen LogP contribution >= 0.6 is 11.3 Å². The predicted octanol–water partition coefficient (Wildman–Crippen LogP) is 5.01. The molecule has 0 radical (unpaired) electrons. The summed E-state index contributed by atoms with van der Waals surface area (Å²) in [5, 5.41) is 14.9. The van der Waals surface area contributed by atoms with E-state index in [1.54, 1.807) is 36.4 Å². The molecule has 1 saturated carbocycles. The molecule has 1 aliphatic rings. The Bertz CT molecular complexity index is 1190. The number of thiophene rings is 1. The van der Waals surface area contributed by atoms with Crippen LogP contribution in [0.1, 0.15) is 58.9 Å². The average Bonchev–Trinajstić information content (AvgIpc) is 3.41. The van der Waals surface area contributed by atoms with Gasteiger partial charge in [0.2, 0.25) is 11.8 Å². The molecule has 2 amide bonds. The van der Waals surface area contributed by atoms with Crippen molar-refractivity contribution in [1.82, 2.24) is 5.32 Å². The Labute approximate surface area is 214 Å². The Morgan fingerprint density at radius 1 is 1.06 bits per heavy atom. The van der Waals surface area contributed by atoms with Crippen molar-refractivity contribution in [3.8, 4) is 5.75 Å². The van der Waals surface area contributed by atoms with Gasteiger partial charge in [0.15, 0.2) is 0 Å². The van der Waals surface area contributed by atoms with Crippen LogP contribution in [0.2, 0.25) is 0 Å². The topological polar surface area (TPSA) is 95.9 Å². The number of methoxy groups -OCH3 is 1. The van der Waals surface area contributed by atoms with Crippen molar-refractivity contribution < 1.29 is 24.2 Å². The molecule has 188 valence electrons. The summed E-state index contributed by atoms with van der Waals surface area (Å²) in [7, 11) is 1.30. The molecule has 4 rings (SSSR count). The lowest BCUT2D eigenvalue weighted by Crippen LogP contribution is -2.47. The summed E-state index contributed by atoms with van der Waals surface area (Å²) >= 11 is 1.47. The number of nitrogens with zero attached hydrogens (tertiary/aromatic N) is 1. The summed E-state index contributed by atoms with van der Waals surface area (Å²) in [5.41, 5.74) is 1.25. The summed E-state index contributed by atoms with van der Waals surface area (Å²) < 4.78 is 4.88. The number of hydrogen-bond donors (Lipinski definition) is 2. The zero-order valence-electron chi connectivity index (χ0n) is 20.2. The van der Waals surface area contributed by atoms with Gasteiger partial charge in [0.05, 0.1) is 19.1 Å². The number of benzene rings is 2. The molecule has 0 saturated heterocycles. The number of phenols is 1. The Hall–Kier alpha value is -3.65. The fraction of sp³-hybridized carbons (Fsp3) is 0.321. The molecule has 1 atom stereocenters. The first-order valence-corrected chi connectivity index (χ1v) is 13.0. The van der Waals surface area contributed by atoms with Gasteiger partial charge in [-0.25, -0.2) is 4.79 Å². The number of hydrogen-bond acceptors (Lipinski definition) is 6. The number of amides is 2. The molecule has 1 fully saturated rings. The second-order valence-electron chi connectivity index (χ2n) is 8.90. The molecular formula is C28H30N2O5S. The third-order valence-electron chi connectivity index (χ3n) is 6.39. The number of rotatable bonds is 8. The minimum atomic E-state index is -0.993. The maximum absolute atomic E-state index is 13.8. The number of carbonyl (C=O) groups excluding carboxylic acids is 3. The van der Waals surface area contributed by atoms with E-state index >= 15 is 0 Å². The monoisotopic (exact) mass is 506 g/mol. The molecule has 0 spiro atoms. The second-order valence-corrected chi connectivity index (χ2v) is 9.93. The Morgan fingerprint density at radius 3 is 2.47 bits per heavy atom. The largest absolute Gasteiger partial charge is 0.508 e. The van der Waals surface area contributed by atoms with Crippen molar-refractivity contribution in [1.29, 1.82) is 0 Å². The predicted molar refractivity (Wildman–Crippen MR) is 139 cm³/mol. The summed E-state index contributed by atoms with van der Waals surface area (Å²) in [4.78, 5) is 42.2. The molecule has 7 nitrogen and oxygen atoms in total. The van der Waals surface area contributed by atoms with Crippen LogP contribution in [0.25, 0.3) is 0 Å². The third-order valence-corrected chi connectivity index (χ3v) is 7.26. The quantitative estimate of drug-likeness (QED) is 0.419. The second kappa shape index (κ2) is 11.9. The summed E-state index contributed by atoms with van der Waals surface area (Å²) in [5.74, 6) is -1.04. The van der Waals surface area contributed by atoms with Crippen molar-refractivity contribution in [3.05, 3.63) is 82.0 Å². The van der Waals surface area contributed by atoms with Crippen molar-refractivity contribution in [3.63, 3.8) is 0 Å². The van der Waals surface area contributed by atoms with Crippen molar-refractivity contribution in [2.75, 3.05) is 12.0 Å². The van der Waals surface area contributed by atoms with Crippen LogP contribution in [0.5, 0.6) is 5.75 Å². The minimum Gasteiger partial charge on any atom is -0.508 e. The maximum Gasteiger partial charge on any atom is 0.337 e. The van der Waals surface area contributed by atoms with Gasteiger partial charge in [-0.2, -0.15) is 0 Å². The highest BCUT2D eigenvalue weighted by molar-refractivity contribution is 7.10. The summed E-state index contributed by atoms with van der Waals surface area (Å²) in [6, 6.07) is 15.7. The zero-order chi connectivity index (χ0) is 25.5. The molecular weight excluding hydrogens is 476 g/mol. The van der Waals surface area contributed by atoms with E-state index in [4.69, 9.17) is 4.74 Å². The van der Waals surface area contributed by atoms with Crippen molar-refractivity contribution in [2.45, 2.75) is 50.6 Å². The number of esters is 1.